The Morgan fingerprint density at radius 2 is 1.70 bits per heavy atom. The van der Waals surface area contributed by atoms with Gasteiger partial charge in [-0.2, -0.15) is 9.40 Å². The molecule has 3 aromatic rings. The van der Waals surface area contributed by atoms with E-state index in [9.17, 15) is 13.2 Å². The molecule has 0 aliphatic carbocycles. The van der Waals surface area contributed by atoms with E-state index in [0.717, 1.165) is 11.3 Å². The first-order chi connectivity index (χ1) is 14.4. The molecule has 0 bridgehead atoms. The standard InChI is InChI=1S/C21H25N5O3S/c1-4-25(5-2)30(28,29)20-12-8-18(9-13-20)21(27)24-16(3)17-6-10-19(11-7-17)26-15-22-14-23-26/h6-16H,4-5H2,1-3H3,(H,24,27). The molecular formula is C21H25N5O3S. The van der Waals surface area contributed by atoms with Crippen LogP contribution in [0.1, 0.15) is 42.7 Å². The van der Waals surface area contributed by atoms with E-state index in [-0.39, 0.29) is 16.8 Å². The van der Waals surface area contributed by atoms with Gasteiger partial charge in [0.05, 0.1) is 16.6 Å². The first-order valence-electron chi connectivity index (χ1n) is 9.72. The molecule has 1 N–H and O–H groups in total. The molecule has 0 aliphatic rings. The monoisotopic (exact) mass is 427 g/mol. The molecule has 1 unspecified atom stereocenters. The Kier molecular flexibility index (Phi) is 6.63. The largest absolute Gasteiger partial charge is 0.346 e. The highest BCUT2D eigenvalue weighted by Crippen LogP contribution is 2.18. The Hall–Kier alpha value is -3.04. The number of carbonyl (C=O) groups excluding carboxylic acids is 1. The van der Waals surface area contributed by atoms with Gasteiger partial charge in [0.15, 0.2) is 0 Å². The highest BCUT2D eigenvalue weighted by atomic mass is 32.2. The number of amides is 1. The fourth-order valence-corrected chi connectivity index (χ4v) is 4.57. The van der Waals surface area contributed by atoms with Crippen molar-refractivity contribution in [3.8, 4) is 5.69 Å². The average molecular weight is 428 g/mol. The summed E-state index contributed by atoms with van der Waals surface area (Å²) in [6, 6.07) is 13.4. The second-order valence-electron chi connectivity index (χ2n) is 6.74. The van der Waals surface area contributed by atoms with Crippen molar-refractivity contribution >= 4 is 15.9 Å². The van der Waals surface area contributed by atoms with Crippen LogP contribution in [0, 0.1) is 0 Å². The smallest absolute Gasteiger partial charge is 0.251 e. The first kappa shape index (κ1) is 21.7. The number of carbonyl (C=O) groups is 1. The van der Waals surface area contributed by atoms with Crippen molar-refractivity contribution in [1.29, 1.82) is 0 Å². The summed E-state index contributed by atoms with van der Waals surface area (Å²) >= 11 is 0. The van der Waals surface area contributed by atoms with E-state index in [4.69, 9.17) is 0 Å². The van der Waals surface area contributed by atoms with Gasteiger partial charge in [-0.05, 0) is 48.9 Å². The maximum atomic E-state index is 12.6. The number of sulfonamides is 1. The Labute approximate surface area is 176 Å². The summed E-state index contributed by atoms with van der Waals surface area (Å²) in [7, 11) is -3.54. The van der Waals surface area contributed by atoms with E-state index in [1.165, 1.54) is 34.9 Å². The van der Waals surface area contributed by atoms with Crippen molar-refractivity contribution in [2.75, 3.05) is 13.1 Å². The molecule has 8 nitrogen and oxygen atoms in total. The summed E-state index contributed by atoms with van der Waals surface area (Å²) in [6.07, 6.45) is 3.08. The molecule has 3 rings (SSSR count). The molecular weight excluding hydrogens is 402 g/mol. The maximum Gasteiger partial charge on any atom is 0.251 e. The fraction of sp³-hybridized carbons (Fsp3) is 0.286. The SMILES string of the molecule is CCN(CC)S(=O)(=O)c1ccc(C(=O)NC(C)c2ccc(-n3cncn3)cc2)cc1. The van der Waals surface area contributed by atoms with Crippen molar-refractivity contribution in [3.63, 3.8) is 0 Å². The number of hydrogen-bond acceptors (Lipinski definition) is 5. The van der Waals surface area contributed by atoms with Gasteiger partial charge in [0.1, 0.15) is 12.7 Å². The Morgan fingerprint density at radius 3 is 2.23 bits per heavy atom. The molecule has 0 fully saturated rings. The van der Waals surface area contributed by atoms with Crippen LogP contribution in [0.25, 0.3) is 5.69 Å². The fourth-order valence-electron chi connectivity index (χ4n) is 3.11. The van der Waals surface area contributed by atoms with Crippen molar-refractivity contribution in [1.82, 2.24) is 24.4 Å². The molecule has 1 heterocycles. The second-order valence-corrected chi connectivity index (χ2v) is 8.68. The summed E-state index contributed by atoms with van der Waals surface area (Å²) in [5.41, 5.74) is 2.22. The van der Waals surface area contributed by atoms with Crippen LogP contribution in [0.4, 0.5) is 0 Å². The van der Waals surface area contributed by atoms with Crippen LogP contribution in [0.5, 0.6) is 0 Å². The van der Waals surface area contributed by atoms with Gasteiger partial charge in [-0.15, -0.1) is 0 Å². The normalized spacial score (nSPS) is 12.7. The Bertz CT molecular complexity index is 1070. The van der Waals surface area contributed by atoms with Gasteiger partial charge >= 0.3 is 0 Å². The molecule has 0 saturated heterocycles. The Morgan fingerprint density at radius 1 is 1.07 bits per heavy atom. The molecule has 0 aliphatic heterocycles. The summed E-state index contributed by atoms with van der Waals surface area (Å²) in [6.45, 7) is 6.27. The topological polar surface area (TPSA) is 97.2 Å². The van der Waals surface area contributed by atoms with Gasteiger partial charge in [0.25, 0.3) is 5.91 Å². The van der Waals surface area contributed by atoms with E-state index >= 15 is 0 Å². The number of hydrogen-bond donors (Lipinski definition) is 1. The van der Waals surface area contributed by atoms with E-state index in [1.54, 1.807) is 24.9 Å². The molecule has 158 valence electrons. The van der Waals surface area contributed by atoms with Gasteiger partial charge in [-0.25, -0.2) is 18.1 Å². The highest BCUT2D eigenvalue weighted by molar-refractivity contribution is 7.89. The number of aromatic nitrogens is 3. The predicted octanol–water partition coefficient (Wildman–Crippen LogP) is 2.79. The minimum Gasteiger partial charge on any atom is -0.346 e. The third-order valence-corrected chi connectivity index (χ3v) is 6.95. The minimum atomic E-state index is -3.54. The average Bonchev–Trinajstić information content (AvgIpc) is 3.29. The van der Waals surface area contributed by atoms with Crippen molar-refractivity contribution < 1.29 is 13.2 Å². The van der Waals surface area contributed by atoms with Crippen molar-refractivity contribution in [2.24, 2.45) is 0 Å². The lowest BCUT2D eigenvalue weighted by atomic mass is 10.1. The number of benzene rings is 2. The van der Waals surface area contributed by atoms with Crippen molar-refractivity contribution in [3.05, 3.63) is 72.3 Å². The molecule has 1 atom stereocenters. The first-order valence-corrected chi connectivity index (χ1v) is 11.2. The molecule has 2 aromatic carbocycles. The predicted molar refractivity (Wildman–Crippen MR) is 114 cm³/mol. The zero-order chi connectivity index (χ0) is 21.7. The number of nitrogens with zero attached hydrogens (tertiary/aromatic N) is 4. The summed E-state index contributed by atoms with van der Waals surface area (Å²) in [4.78, 5) is 16.7. The van der Waals surface area contributed by atoms with Gasteiger partial charge in [-0.1, -0.05) is 26.0 Å². The summed E-state index contributed by atoms with van der Waals surface area (Å²) in [5, 5.41) is 7.02. The molecule has 1 aromatic heterocycles. The van der Waals surface area contributed by atoms with E-state index in [0.29, 0.717) is 18.7 Å². The minimum absolute atomic E-state index is 0.180. The third kappa shape index (κ3) is 4.58. The van der Waals surface area contributed by atoms with Crippen LogP contribution in [0.2, 0.25) is 0 Å². The zero-order valence-corrected chi connectivity index (χ0v) is 18.0. The van der Waals surface area contributed by atoms with E-state index in [1.807, 2.05) is 31.2 Å². The van der Waals surface area contributed by atoms with Crippen LogP contribution >= 0.6 is 0 Å². The maximum absolute atomic E-state index is 12.6. The van der Waals surface area contributed by atoms with E-state index < -0.39 is 10.0 Å². The highest BCUT2D eigenvalue weighted by Gasteiger charge is 2.22. The van der Waals surface area contributed by atoms with Crippen LogP contribution in [0.15, 0.2) is 66.1 Å². The summed E-state index contributed by atoms with van der Waals surface area (Å²) < 4.78 is 28.2. The van der Waals surface area contributed by atoms with Crippen LogP contribution in [-0.2, 0) is 10.0 Å². The van der Waals surface area contributed by atoms with Gasteiger partial charge in [0, 0.05) is 18.7 Å². The lowest BCUT2D eigenvalue weighted by Crippen LogP contribution is -2.30. The van der Waals surface area contributed by atoms with E-state index in [2.05, 4.69) is 15.4 Å². The molecule has 30 heavy (non-hydrogen) atoms. The molecule has 0 radical (unpaired) electrons. The molecule has 0 saturated carbocycles. The van der Waals surface area contributed by atoms with Gasteiger partial charge in [-0.3, -0.25) is 4.79 Å². The summed E-state index contributed by atoms with van der Waals surface area (Å²) in [5.74, 6) is -0.269. The van der Waals surface area contributed by atoms with Crippen LogP contribution < -0.4 is 5.32 Å². The second kappa shape index (κ2) is 9.19. The lowest BCUT2D eigenvalue weighted by Gasteiger charge is -2.18. The third-order valence-electron chi connectivity index (χ3n) is 4.88. The van der Waals surface area contributed by atoms with Gasteiger partial charge in [0.2, 0.25) is 10.0 Å². The molecule has 0 spiro atoms. The van der Waals surface area contributed by atoms with Crippen molar-refractivity contribution in [2.45, 2.75) is 31.7 Å². The molecule has 9 heteroatoms. The Balaban J connectivity index is 1.68. The number of rotatable bonds is 8. The van der Waals surface area contributed by atoms with Gasteiger partial charge < -0.3 is 5.32 Å². The quantitative estimate of drug-likeness (QED) is 0.596. The lowest BCUT2D eigenvalue weighted by molar-refractivity contribution is 0.0939. The van der Waals surface area contributed by atoms with Crippen LogP contribution in [-0.4, -0.2) is 46.5 Å². The number of nitrogens with one attached hydrogen (secondary N) is 1. The zero-order valence-electron chi connectivity index (χ0n) is 17.2. The molecule has 1 amide bonds. The van der Waals surface area contributed by atoms with Crippen LogP contribution in [0.3, 0.4) is 0 Å².